The lowest BCUT2D eigenvalue weighted by Gasteiger charge is -2.48. The molecule has 7 nitrogen and oxygen atoms in total. The second-order valence-corrected chi connectivity index (χ2v) is 7.84. The van der Waals surface area contributed by atoms with Crippen molar-refractivity contribution in [3.63, 3.8) is 0 Å². The predicted octanol–water partition coefficient (Wildman–Crippen LogP) is 1.64. The minimum atomic E-state index is -0.392. The lowest BCUT2D eigenvalue weighted by molar-refractivity contribution is -0.152. The van der Waals surface area contributed by atoms with Crippen LogP contribution in [-0.4, -0.2) is 61.8 Å². The topological polar surface area (TPSA) is 82.7 Å². The van der Waals surface area contributed by atoms with Crippen LogP contribution in [0.5, 0.6) is 0 Å². The molecule has 1 N–H and O–H groups in total. The van der Waals surface area contributed by atoms with Crippen molar-refractivity contribution < 1.29 is 14.3 Å². The maximum absolute atomic E-state index is 13.5. The SMILES string of the molecule is Cc1nnc(CN2CCCC23CCCN(C2CCC(O)CC2)C3=O)o1. The summed E-state index contributed by atoms with van der Waals surface area (Å²) >= 11 is 0. The maximum Gasteiger partial charge on any atom is 0.243 e. The van der Waals surface area contributed by atoms with Gasteiger partial charge in [0.1, 0.15) is 5.54 Å². The first-order chi connectivity index (χ1) is 12.1. The van der Waals surface area contributed by atoms with Crippen molar-refractivity contribution >= 4 is 5.91 Å². The molecule has 1 saturated carbocycles. The van der Waals surface area contributed by atoms with Gasteiger partial charge in [0.15, 0.2) is 0 Å². The van der Waals surface area contributed by atoms with E-state index in [2.05, 4.69) is 20.0 Å². The highest BCUT2D eigenvalue weighted by Gasteiger charge is 2.52. The molecule has 3 aliphatic rings. The van der Waals surface area contributed by atoms with Gasteiger partial charge >= 0.3 is 0 Å². The molecular formula is C18H28N4O3. The van der Waals surface area contributed by atoms with Gasteiger partial charge < -0.3 is 14.4 Å². The number of aromatic nitrogens is 2. The third-order valence-corrected chi connectivity index (χ3v) is 6.27. The molecule has 7 heteroatoms. The zero-order chi connectivity index (χ0) is 17.4. The molecular weight excluding hydrogens is 320 g/mol. The smallest absolute Gasteiger partial charge is 0.243 e. The molecule has 2 saturated heterocycles. The summed E-state index contributed by atoms with van der Waals surface area (Å²) in [7, 11) is 0. The van der Waals surface area contributed by atoms with Gasteiger partial charge in [-0.25, -0.2) is 0 Å². The minimum Gasteiger partial charge on any atom is -0.424 e. The van der Waals surface area contributed by atoms with Crippen molar-refractivity contribution in [3.05, 3.63) is 11.8 Å². The standard InChI is InChI=1S/C18H28N4O3/c1-13-19-20-16(25-13)12-21-10-2-8-18(21)9-3-11-22(17(18)24)14-4-6-15(23)7-5-14/h14-15,23H,2-12H2,1H3. The second-order valence-electron chi connectivity index (χ2n) is 7.84. The van der Waals surface area contributed by atoms with E-state index < -0.39 is 5.54 Å². The Balaban J connectivity index is 1.51. The van der Waals surface area contributed by atoms with Crippen LogP contribution in [0, 0.1) is 6.92 Å². The van der Waals surface area contributed by atoms with E-state index in [1.54, 1.807) is 6.92 Å². The Kier molecular flexibility index (Phi) is 4.54. The number of hydrogen-bond donors (Lipinski definition) is 1. The van der Waals surface area contributed by atoms with E-state index >= 15 is 0 Å². The van der Waals surface area contributed by atoms with E-state index in [9.17, 15) is 9.90 Å². The molecule has 0 aromatic carbocycles. The summed E-state index contributed by atoms with van der Waals surface area (Å²) in [5.41, 5.74) is -0.392. The van der Waals surface area contributed by atoms with Crippen molar-refractivity contribution in [3.8, 4) is 0 Å². The molecule has 1 unspecified atom stereocenters. The van der Waals surface area contributed by atoms with Crippen molar-refractivity contribution in [2.24, 2.45) is 0 Å². The molecule has 0 bridgehead atoms. The van der Waals surface area contributed by atoms with E-state index in [0.717, 1.165) is 64.5 Å². The number of likely N-dealkylation sites (tertiary alicyclic amines) is 2. The molecule has 4 rings (SSSR count). The lowest BCUT2D eigenvalue weighted by atomic mass is 9.82. The summed E-state index contributed by atoms with van der Waals surface area (Å²) in [6.07, 6.45) is 7.21. The number of carbonyl (C=O) groups excluding carboxylic acids is 1. The Bertz CT molecular complexity index is 626. The minimum absolute atomic E-state index is 0.186. The van der Waals surface area contributed by atoms with Crippen LogP contribution in [0.2, 0.25) is 0 Å². The third-order valence-electron chi connectivity index (χ3n) is 6.27. The van der Waals surface area contributed by atoms with Gasteiger partial charge in [0.05, 0.1) is 12.6 Å². The number of amides is 1. The van der Waals surface area contributed by atoms with Gasteiger partial charge in [-0.1, -0.05) is 0 Å². The predicted molar refractivity (Wildman–Crippen MR) is 90.6 cm³/mol. The van der Waals surface area contributed by atoms with Crippen LogP contribution in [0.1, 0.15) is 63.1 Å². The largest absolute Gasteiger partial charge is 0.424 e. The lowest BCUT2D eigenvalue weighted by Crippen LogP contribution is -2.62. The Labute approximate surface area is 148 Å². The molecule has 2 aliphatic heterocycles. The number of aliphatic hydroxyl groups excluding tert-OH is 1. The van der Waals surface area contributed by atoms with Gasteiger partial charge in [-0.3, -0.25) is 9.69 Å². The fourth-order valence-corrected chi connectivity index (χ4v) is 4.99. The Morgan fingerprint density at radius 1 is 1.16 bits per heavy atom. The average Bonchev–Trinajstić information content (AvgIpc) is 3.19. The first kappa shape index (κ1) is 17.0. The van der Waals surface area contributed by atoms with Crippen LogP contribution < -0.4 is 0 Å². The highest BCUT2D eigenvalue weighted by molar-refractivity contribution is 5.87. The zero-order valence-corrected chi connectivity index (χ0v) is 15.0. The third kappa shape index (κ3) is 3.08. The second kappa shape index (κ2) is 6.68. The number of hydrogen-bond acceptors (Lipinski definition) is 6. The fraction of sp³-hybridized carbons (Fsp3) is 0.833. The van der Waals surface area contributed by atoms with E-state index in [-0.39, 0.29) is 12.0 Å². The quantitative estimate of drug-likeness (QED) is 0.894. The van der Waals surface area contributed by atoms with Gasteiger partial charge in [0, 0.05) is 19.5 Å². The van der Waals surface area contributed by atoms with Gasteiger partial charge in [0.2, 0.25) is 17.7 Å². The summed E-state index contributed by atoms with van der Waals surface area (Å²) in [5.74, 6) is 1.46. The van der Waals surface area contributed by atoms with Gasteiger partial charge in [0.25, 0.3) is 0 Å². The van der Waals surface area contributed by atoms with Crippen LogP contribution >= 0.6 is 0 Å². The average molecular weight is 348 g/mol. The number of piperidine rings is 1. The maximum atomic E-state index is 13.5. The van der Waals surface area contributed by atoms with Gasteiger partial charge in [-0.05, 0) is 57.9 Å². The Morgan fingerprint density at radius 3 is 2.56 bits per heavy atom. The van der Waals surface area contributed by atoms with E-state index in [1.165, 1.54) is 0 Å². The summed E-state index contributed by atoms with van der Waals surface area (Å²) in [6.45, 7) is 4.12. The van der Waals surface area contributed by atoms with Crippen LogP contribution in [-0.2, 0) is 11.3 Å². The molecule has 1 spiro atoms. The number of nitrogens with zero attached hydrogens (tertiary/aromatic N) is 4. The van der Waals surface area contributed by atoms with Crippen LogP contribution in [0.3, 0.4) is 0 Å². The van der Waals surface area contributed by atoms with Gasteiger partial charge in [-0.15, -0.1) is 10.2 Å². The first-order valence-corrected chi connectivity index (χ1v) is 9.62. The first-order valence-electron chi connectivity index (χ1n) is 9.62. The van der Waals surface area contributed by atoms with Crippen molar-refractivity contribution in [2.45, 2.75) is 82.5 Å². The van der Waals surface area contributed by atoms with Crippen molar-refractivity contribution in [1.82, 2.24) is 20.0 Å². The monoisotopic (exact) mass is 348 g/mol. The molecule has 1 aromatic heterocycles. The highest BCUT2D eigenvalue weighted by Crippen LogP contribution is 2.40. The summed E-state index contributed by atoms with van der Waals surface area (Å²) < 4.78 is 5.55. The molecule has 1 aliphatic carbocycles. The number of aryl methyl sites for hydroxylation is 1. The van der Waals surface area contributed by atoms with Crippen LogP contribution in [0.4, 0.5) is 0 Å². The van der Waals surface area contributed by atoms with E-state index in [0.29, 0.717) is 24.4 Å². The number of rotatable bonds is 3. The molecule has 1 aromatic rings. The summed E-state index contributed by atoms with van der Waals surface area (Å²) in [6, 6.07) is 0.293. The normalized spacial score (nSPS) is 34.2. The highest BCUT2D eigenvalue weighted by atomic mass is 16.4. The molecule has 25 heavy (non-hydrogen) atoms. The molecule has 1 atom stereocenters. The van der Waals surface area contributed by atoms with Crippen LogP contribution in [0.15, 0.2) is 4.42 Å². The fourth-order valence-electron chi connectivity index (χ4n) is 4.99. The molecule has 138 valence electrons. The summed E-state index contributed by atoms with van der Waals surface area (Å²) in [5, 5.41) is 17.8. The van der Waals surface area contributed by atoms with Crippen molar-refractivity contribution in [1.29, 1.82) is 0 Å². The number of carbonyl (C=O) groups is 1. The Hall–Kier alpha value is -1.47. The number of aliphatic hydroxyl groups is 1. The van der Waals surface area contributed by atoms with E-state index in [1.807, 2.05) is 0 Å². The molecule has 1 amide bonds. The van der Waals surface area contributed by atoms with Gasteiger partial charge in [-0.2, -0.15) is 0 Å². The summed E-state index contributed by atoms with van der Waals surface area (Å²) in [4.78, 5) is 17.9. The molecule has 3 heterocycles. The Morgan fingerprint density at radius 2 is 1.88 bits per heavy atom. The van der Waals surface area contributed by atoms with Crippen molar-refractivity contribution in [2.75, 3.05) is 13.1 Å². The zero-order valence-electron chi connectivity index (χ0n) is 15.0. The van der Waals surface area contributed by atoms with E-state index in [4.69, 9.17) is 4.42 Å². The molecule has 3 fully saturated rings. The molecule has 0 radical (unpaired) electrons. The van der Waals surface area contributed by atoms with Crippen LogP contribution in [0.25, 0.3) is 0 Å².